The average Bonchev–Trinajstić information content (AvgIpc) is 2.12. The van der Waals surface area contributed by atoms with Crippen molar-refractivity contribution in [3.05, 3.63) is 0 Å². The first-order valence-electron chi connectivity index (χ1n) is 6.04. The van der Waals surface area contributed by atoms with Gasteiger partial charge in [0.1, 0.15) is 0 Å². The summed E-state index contributed by atoms with van der Waals surface area (Å²) in [6, 6.07) is 0.165. The molecule has 0 aromatic rings. The van der Waals surface area contributed by atoms with Gasteiger partial charge in [-0.05, 0) is 18.4 Å². The van der Waals surface area contributed by atoms with Crippen molar-refractivity contribution in [2.45, 2.75) is 52.8 Å². The molecule has 0 bridgehead atoms. The third kappa shape index (κ3) is 9.41. The van der Waals surface area contributed by atoms with E-state index in [-0.39, 0.29) is 24.5 Å². The van der Waals surface area contributed by atoms with Crippen molar-refractivity contribution in [3.8, 4) is 0 Å². The average molecular weight is 255 g/mol. The van der Waals surface area contributed by atoms with Gasteiger partial charge in [-0.1, -0.05) is 27.7 Å². The van der Waals surface area contributed by atoms with Gasteiger partial charge in [0.2, 0.25) is 0 Å². The summed E-state index contributed by atoms with van der Waals surface area (Å²) in [4.78, 5) is 0. The number of rotatable bonds is 7. The van der Waals surface area contributed by atoms with E-state index in [0.29, 0.717) is 6.61 Å². The standard InChI is InChI=1S/C12H24F3NO/c1-5-16-10(11(2,3)4)9-17-8-6-7-12(13,14)15/h10,16H,5-9H2,1-4H3. The molecule has 0 aliphatic carbocycles. The van der Waals surface area contributed by atoms with Crippen LogP contribution in [0.5, 0.6) is 0 Å². The Morgan fingerprint density at radius 3 is 2.18 bits per heavy atom. The van der Waals surface area contributed by atoms with Gasteiger partial charge in [-0.25, -0.2) is 0 Å². The van der Waals surface area contributed by atoms with Crippen molar-refractivity contribution in [3.63, 3.8) is 0 Å². The molecule has 0 spiro atoms. The van der Waals surface area contributed by atoms with Gasteiger partial charge in [-0.2, -0.15) is 13.2 Å². The van der Waals surface area contributed by atoms with Gasteiger partial charge >= 0.3 is 6.18 Å². The van der Waals surface area contributed by atoms with Crippen LogP contribution in [0.15, 0.2) is 0 Å². The summed E-state index contributed by atoms with van der Waals surface area (Å²) >= 11 is 0. The molecular weight excluding hydrogens is 231 g/mol. The van der Waals surface area contributed by atoms with Gasteiger partial charge in [0.25, 0.3) is 0 Å². The number of hydrogen-bond donors (Lipinski definition) is 1. The molecule has 1 N–H and O–H groups in total. The fourth-order valence-corrected chi connectivity index (χ4v) is 1.44. The van der Waals surface area contributed by atoms with E-state index in [0.717, 1.165) is 6.54 Å². The lowest BCUT2D eigenvalue weighted by Crippen LogP contribution is -2.43. The first kappa shape index (κ1) is 16.7. The van der Waals surface area contributed by atoms with Gasteiger partial charge in [0.05, 0.1) is 6.61 Å². The molecule has 17 heavy (non-hydrogen) atoms. The van der Waals surface area contributed by atoms with E-state index < -0.39 is 12.6 Å². The summed E-state index contributed by atoms with van der Waals surface area (Å²) < 4.78 is 41.0. The fourth-order valence-electron chi connectivity index (χ4n) is 1.44. The maximum absolute atomic E-state index is 11.9. The molecule has 0 amide bonds. The Bertz CT molecular complexity index is 199. The molecule has 0 aliphatic heterocycles. The van der Waals surface area contributed by atoms with E-state index in [1.165, 1.54) is 0 Å². The highest BCUT2D eigenvalue weighted by Crippen LogP contribution is 2.22. The smallest absolute Gasteiger partial charge is 0.380 e. The molecular formula is C12H24F3NO. The molecule has 0 heterocycles. The molecule has 0 fully saturated rings. The highest BCUT2D eigenvalue weighted by atomic mass is 19.4. The highest BCUT2D eigenvalue weighted by molar-refractivity contribution is 4.79. The second-order valence-electron chi connectivity index (χ2n) is 5.27. The van der Waals surface area contributed by atoms with E-state index >= 15 is 0 Å². The molecule has 1 unspecified atom stereocenters. The van der Waals surface area contributed by atoms with Crippen molar-refractivity contribution in [2.75, 3.05) is 19.8 Å². The Morgan fingerprint density at radius 1 is 1.18 bits per heavy atom. The zero-order valence-electron chi connectivity index (χ0n) is 11.2. The zero-order valence-corrected chi connectivity index (χ0v) is 11.2. The van der Waals surface area contributed by atoms with Crippen molar-refractivity contribution in [2.24, 2.45) is 5.41 Å². The van der Waals surface area contributed by atoms with E-state index in [4.69, 9.17) is 4.74 Å². The van der Waals surface area contributed by atoms with Crippen molar-refractivity contribution in [1.29, 1.82) is 0 Å². The maximum atomic E-state index is 11.9. The van der Waals surface area contributed by atoms with Crippen LogP contribution in [0.3, 0.4) is 0 Å². The molecule has 0 aromatic heterocycles. The minimum absolute atomic E-state index is 0.0342. The van der Waals surface area contributed by atoms with Gasteiger partial charge in [-0.15, -0.1) is 0 Å². The number of ether oxygens (including phenoxy) is 1. The van der Waals surface area contributed by atoms with E-state index in [1.54, 1.807) is 0 Å². The molecule has 5 heteroatoms. The van der Waals surface area contributed by atoms with Crippen LogP contribution in [0.25, 0.3) is 0 Å². The molecule has 0 radical (unpaired) electrons. The second-order valence-corrected chi connectivity index (χ2v) is 5.27. The largest absolute Gasteiger partial charge is 0.389 e. The lowest BCUT2D eigenvalue weighted by Gasteiger charge is -2.31. The third-order valence-corrected chi connectivity index (χ3v) is 2.53. The molecule has 0 rings (SSSR count). The number of hydrogen-bond acceptors (Lipinski definition) is 2. The van der Waals surface area contributed by atoms with Gasteiger partial charge in [0.15, 0.2) is 0 Å². The molecule has 0 saturated heterocycles. The Labute approximate surface area is 102 Å². The molecule has 0 saturated carbocycles. The van der Waals surface area contributed by atoms with Gasteiger partial charge in [0, 0.05) is 19.1 Å². The van der Waals surface area contributed by atoms with E-state index in [1.807, 2.05) is 6.92 Å². The lowest BCUT2D eigenvalue weighted by molar-refractivity contribution is -0.138. The monoisotopic (exact) mass is 255 g/mol. The summed E-state index contributed by atoms with van der Waals surface area (Å²) in [6.45, 7) is 9.70. The number of likely N-dealkylation sites (N-methyl/N-ethyl adjacent to an activating group) is 1. The summed E-state index contributed by atoms with van der Waals surface area (Å²) in [6.07, 6.45) is -4.81. The van der Waals surface area contributed by atoms with Crippen molar-refractivity contribution < 1.29 is 17.9 Å². The van der Waals surface area contributed by atoms with Crippen LogP contribution in [-0.2, 0) is 4.74 Å². The Hall–Kier alpha value is -0.290. The van der Waals surface area contributed by atoms with Crippen molar-refractivity contribution >= 4 is 0 Å². The summed E-state index contributed by atoms with van der Waals surface area (Å²) in [5.41, 5.74) is 0.0417. The van der Waals surface area contributed by atoms with Crippen LogP contribution in [0.2, 0.25) is 0 Å². The topological polar surface area (TPSA) is 21.3 Å². The van der Waals surface area contributed by atoms with Crippen LogP contribution >= 0.6 is 0 Å². The van der Waals surface area contributed by atoms with Gasteiger partial charge in [-0.3, -0.25) is 0 Å². The second kappa shape index (κ2) is 7.21. The van der Waals surface area contributed by atoms with Crippen LogP contribution < -0.4 is 5.32 Å². The van der Waals surface area contributed by atoms with E-state index in [2.05, 4.69) is 26.1 Å². The van der Waals surface area contributed by atoms with Crippen molar-refractivity contribution in [1.82, 2.24) is 5.32 Å². The number of halogens is 3. The fraction of sp³-hybridized carbons (Fsp3) is 1.00. The van der Waals surface area contributed by atoms with Crippen LogP contribution in [0.1, 0.15) is 40.5 Å². The molecule has 2 nitrogen and oxygen atoms in total. The predicted octanol–water partition coefficient (Wildman–Crippen LogP) is 3.37. The summed E-state index contributed by atoms with van der Waals surface area (Å²) in [5, 5.41) is 3.28. The first-order valence-corrected chi connectivity index (χ1v) is 6.04. The summed E-state index contributed by atoms with van der Waals surface area (Å²) in [7, 11) is 0. The number of alkyl halides is 3. The highest BCUT2D eigenvalue weighted by Gasteiger charge is 2.27. The Morgan fingerprint density at radius 2 is 1.76 bits per heavy atom. The van der Waals surface area contributed by atoms with E-state index in [9.17, 15) is 13.2 Å². The predicted molar refractivity (Wildman–Crippen MR) is 63.0 cm³/mol. The quantitative estimate of drug-likeness (QED) is 0.704. The molecule has 104 valence electrons. The number of nitrogens with one attached hydrogen (secondary N) is 1. The Kier molecular flexibility index (Phi) is 7.09. The summed E-state index contributed by atoms with van der Waals surface area (Å²) in [5.74, 6) is 0. The lowest BCUT2D eigenvalue weighted by atomic mass is 9.87. The SMILES string of the molecule is CCNC(COCCCC(F)(F)F)C(C)(C)C. The molecule has 0 aromatic carbocycles. The minimum atomic E-state index is -4.07. The van der Waals surface area contributed by atoms with Gasteiger partial charge < -0.3 is 10.1 Å². The first-order chi connectivity index (χ1) is 7.67. The van der Waals surface area contributed by atoms with Crippen LogP contribution in [-0.4, -0.2) is 32.0 Å². The Balaban J connectivity index is 3.77. The van der Waals surface area contributed by atoms with Crippen LogP contribution in [0, 0.1) is 5.41 Å². The minimum Gasteiger partial charge on any atom is -0.380 e. The maximum Gasteiger partial charge on any atom is 0.389 e. The normalized spacial score (nSPS) is 15.0. The zero-order chi connectivity index (χ0) is 13.5. The third-order valence-electron chi connectivity index (χ3n) is 2.53. The molecule has 0 aliphatic rings. The van der Waals surface area contributed by atoms with Crippen LogP contribution in [0.4, 0.5) is 13.2 Å². The molecule has 1 atom stereocenters.